The van der Waals surface area contributed by atoms with E-state index in [1.807, 2.05) is 0 Å². The summed E-state index contributed by atoms with van der Waals surface area (Å²) in [4.78, 5) is 24.7. The van der Waals surface area contributed by atoms with Crippen LogP contribution in [0, 0.1) is 6.92 Å². The summed E-state index contributed by atoms with van der Waals surface area (Å²) in [7, 11) is 4.00. The minimum absolute atomic E-state index is 0.132. The topological polar surface area (TPSA) is 104 Å². The maximum absolute atomic E-state index is 12.4. The Morgan fingerprint density at radius 2 is 1.73 bits per heavy atom. The number of hydrogen-bond acceptors (Lipinski definition) is 8. The van der Waals surface area contributed by atoms with Crippen LogP contribution in [-0.2, 0) is 9.53 Å². The van der Waals surface area contributed by atoms with Crippen LogP contribution in [0.1, 0.15) is 22.8 Å². The largest absolute Gasteiger partial charge is 0.502 e. The van der Waals surface area contributed by atoms with Crippen LogP contribution < -0.4 is 19.8 Å². The van der Waals surface area contributed by atoms with Crippen LogP contribution >= 0.6 is 0 Å². The van der Waals surface area contributed by atoms with Gasteiger partial charge in [-0.2, -0.15) is 0 Å². The van der Waals surface area contributed by atoms with Crippen molar-refractivity contribution in [2.24, 2.45) is 0 Å². The molecule has 0 radical (unpaired) electrons. The molecular weight excluding hydrogens is 344 g/mol. The first kappa shape index (κ1) is 17.7. The Morgan fingerprint density at radius 3 is 2.27 bits per heavy atom. The molecule has 8 heteroatoms. The number of benzene rings is 1. The fourth-order valence-electron chi connectivity index (χ4n) is 3.06. The van der Waals surface area contributed by atoms with Crippen LogP contribution in [0.25, 0.3) is 0 Å². The molecule has 1 aromatic carbocycles. The van der Waals surface area contributed by atoms with E-state index in [0.717, 1.165) is 0 Å². The van der Waals surface area contributed by atoms with E-state index in [1.54, 1.807) is 13.0 Å². The van der Waals surface area contributed by atoms with Gasteiger partial charge in [0.2, 0.25) is 11.9 Å². The molecule has 0 bridgehead atoms. The Labute approximate surface area is 148 Å². The van der Waals surface area contributed by atoms with E-state index in [-0.39, 0.29) is 28.6 Å². The van der Waals surface area contributed by atoms with Crippen molar-refractivity contribution < 1.29 is 33.3 Å². The molecule has 0 saturated carbocycles. The SMILES string of the molecule is COC(=O)[C@H]1Oc2cc(C)oc(=O)c2[C@H]1c1cc(OC)c(O)c(OC)c1. The molecule has 8 nitrogen and oxygen atoms in total. The lowest BCUT2D eigenvalue weighted by Crippen LogP contribution is -2.31. The molecule has 0 saturated heterocycles. The predicted octanol–water partition coefficient (Wildman–Crippen LogP) is 1.74. The normalized spacial score (nSPS) is 18.0. The van der Waals surface area contributed by atoms with E-state index >= 15 is 0 Å². The van der Waals surface area contributed by atoms with Crippen molar-refractivity contribution in [2.75, 3.05) is 21.3 Å². The number of rotatable bonds is 4. The molecule has 0 amide bonds. The van der Waals surface area contributed by atoms with Crippen LogP contribution in [0.15, 0.2) is 27.4 Å². The molecule has 1 aliphatic rings. The quantitative estimate of drug-likeness (QED) is 0.820. The summed E-state index contributed by atoms with van der Waals surface area (Å²) >= 11 is 0. The number of phenols is 1. The van der Waals surface area contributed by atoms with E-state index in [9.17, 15) is 14.7 Å². The first-order chi connectivity index (χ1) is 12.4. The summed E-state index contributed by atoms with van der Waals surface area (Å²) in [6, 6.07) is 4.56. The van der Waals surface area contributed by atoms with Crippen LogP contribution in [0.2, 0.25) is 0 Å². The van der Waals surface area contributed by atoms with Gasteiger partial charge in [-0.25, -0.2) is 9.59 Å². The van der Waals surface area contributed by atoms with Crippen molar-refractivity contribution in [3.05, 3.63) is 45.5 Å². The lowest BCUT2D eigenvalue weighted by atomic mass is 9.88. The molecule has 138 valence electrons. The molecule has 0 fully saturated rings. The first-order valence-corrected chi connectivity index (χ1v) is 7.75. The Hall–Kier alpha value is -3.16. The Kier molecular flexibility index (Phi) is 4.50. The molecule has 2 aromatic rings. The number of carbonyl (C=O) groups is 1. The molecule has 0 unspecified atom stereocenters. The average Bonchev–Trinajstić information content (AvgIpc) is 3.00. The number of ether oxygens (including phenoxy) is 4. The molecule has 2 heterocycles. The van der Waals surface area contributed by atoms with E-state index < -0.39 is 23.6 Å². The minimum atomic E-state index is -1.08. The summed E-state index contributed by atoms with van der Waals surface area (Å²) in [5, 5.41) is 10.1. The van der Waals surface area contributed by atoms with E-state index in [4.69, 9.17) is 23.4 Å². The van der Waals surface area contributed by atoms with Crippen LogP contribution in [0.4, 0.5) is 0 Å². The van der Waals surface area contributed by atoms with Crippen molar-refractivity contribution in [1.82, 2.24) is 0 Å². The van der Waals surface area contributed by atoms with Gasteiger partial charge in [-0.05, 0) is 24.6 Å². The number of esters is 1. The second-order valence-corrected chi connectivity index (χ2v) is 5.74. The summed E-state index contributed by atoms with van der Waals surface area (Å²) < 4.78 is 26.0. The highest BCUT2D eigenvalue weighted by Gasteiger charge is 2.44. The van der Waals surface area contributed by atoms with Crippen molar-refractivity contribution in [3.63, 3.8) is 0 Å². The van der Waals surface area contributed by atoms with Gasteiger partial charge in [0.25, 0.3) is 0 Å². The number of methoxy groups -OCH3 is 3. The van der Waals surface area contributed by atoms with Crippen LogP contribution in [0.3, 0.4) is 0 Å². The molecule has 1 aromatic heterocycles. The number of carbonyl (C=O) groups excluding carboxylic acids is 1. The smallest absolute Gasteiger partial charge is 0.348 e. The van der Waals surface area contributed by atoms with Crippen LogP contribution in [-0.4, -0.2) is 38.5 Å². The van der Waals surface area contributed by atoms with Crippen LogP contribution in [0.5, 0.6) is 23.0 Å². The standard InChI is InChI=1S/C18H18O8/c1-8-5-10-14(17(20)25-8)13(16(26-10)18(21)24-4)9-6-11(22-2)15(19)12(7-9)23-3/h5-7,13,16,19H,1-4H3/t13-,16+/m1/s1. The van der Waals surface area contributed by atoms with Gasteiger partial charge in [-0.15, -0.1) is 0 Å². The van der Waals surface area contributed by atoms with E-state index in [2.05, 4.69) is 0 Å². The lowest BCUT2D eigenvalue weighted by Gasteiger charge is -2.19. The maximum Gasteiger partial charge on any atom is 0.348 e. The van der Waals surface area contributed by atoms with Gasteiger partial charge in [0.15, 0.2) is 11.5 Å². The predicted molar refractivity (Wildman–Crippen MR) is 89.2 cm³/mol. The molecular formula is C18H18O8. The summed E-state index contributed by atoms with van der Waals surface area (Å²) in [6.07, 6.45) is -1.08. The number of aryl methyl sites for hydroxylation is 1. The highest BCUT2D eigenvalue weighted by atomic mass is 16.6. The Bertz CT molecular complexity index is 889. The summed E-state index contributed by atoms with van der Waals surface area (Å²) in [6.45, 7) is 1.61. The highest BCUT2D eigenvalue weighted by Crippen LogP contribution is 2.46. The Balaban J connectivity index is 2.24. The van der Waals surface area contributed by atoms with Crippen molar-refractivity contribution in [1.29, 1.82) is 0 Å². The van der Waals surface area contributed by atoms with Gasteiger partial charge in [0.1, 0.15) is 11.5 Å². The first-order valence-electron chi connectivity index (χ1n) is 7.75. The Morgan fingerprint density at radius 1 is 1.12 bits per heavy atom. The van der Waals surface area contributed by atoms with Gasteiger partial charge >= 0.3 is 11.6 Å². The summed E-state index contributed by atoms with van der Waals surface area (Å²) in [5.74, 6) is -0.764. The van der Waals surface area contributed by atoms with Crippen molar-refractivity contribution in [3.8, 4) is 23.0 Å². The maximum atomic E-state index is 12.4. The monoisotopic (exact) mass is 362 g/mol. The molecule has 3 rings (SSSR count). The highest BCUT2D eigenvalue weighted by molar-refractivity contribution is 5.79. The number of aromatic hydroxyl groups is 1. The molecule has 0 spiro atoms. The van der Waals surface area contributed by atoms with E-state index in [1.165, 1.54) is 33.5 Å². The van der Waals surface area contributed by atoms with Gasteiger partial charge in [-0.3, -0.25) is 0 Å². The fourth-order valence-corrected chi connectivity index (χ4v) is 3.06. The molecule has 0 aliphatic carbocycles. The molecule has 1 N–H and O–H groups in total. The number of fused-ring (bicyclic) bond motifs is 1. The number of phenolic OH excluding ortho intramolecular Hbond substituents is 1. The minimum Gasteiger partial charge on any atom is -0.502 e. The molecule has 26 heavy (non-hydrogen) atoms. The zero-order valence-corrected chi connectivity index (χ0v) is 14.7. The second kappa shape index (κ2) is 6.62. The lowest BCUT2D eigenvalue weighted by molar-refractivity contribution is -0.148. The zero-order chi connectivity index (χ0) is 19.0. The van der Waals surface area contributed by atoms with Gasteiger partial charge < -0.3 is 28.5 Å². The third-order valence-corrected chi connectivity index (χ3v) is 4.24. The summed E-state index contributed by atoms with van der Waals surface area (Å²) in [5.41, 5.74) is 0.0602. The van der Waals surface area contributed by atoms with Gasteiger partial charge in [0.05, 0.1) is 32.8 Å². The van der Waals surface area contributed by atoms with Gasteiger partial charge in [-0.1, -0.05) is 0 Å². The van der Waals surface area contributed by atoms with Gasteiger partial charge in [0, 0.05) is 6.07 Å². The third kappa shape index (κ3) is 2.73. The second-order valence-electron chi connectivity index (χ2n) is 5.74. The average molecular weight is 362 g/mol. The van der Waals surface area contributed by atoms with Crippen molar-refractivity contribution in [2.45, 2.75) is 18.9 Å². The third-order valence-electron chi connectivity index (χ3n) is 4.24. The number of hydrogen-bond donors (Lipinski definition) is 1. The fraction of sp³-hybridized carbons (Fsp3) is 0.333. The van der Waals surface area contributed by atoms with Crippen molar-refractivity contribution >= 4 is 5.97 Å². The molecule has 2 atom stereocenters. The molecule has 1 aliphatic heterocycles. The van der Waals surface area contributed by atoms with E-state index in [0.29, 0.717) is 11.3 Å². The zero-order valence-electron chi connectivity index (χ0n) is 14.7.